The van der Waals surface area contributed by atoms with Gasteiger partial charge in [0, 0.05) is 17.8 Å². The Kier molecular flexibility index (Phi) is 5.82. The SMILES string of the molecule is COc1ccc(-[n+]2[nH]oc(=O)c2SCC(=O)Nc2ccc(F)c(Cl)c2)cc1. The first kappa shape index (κ1) is 19.0. The molecule has 3 rings (SSSR count). The van der Waals surface area contributed by atoms with Crippen molar-refractivity contribution in [1.29, 1.82) is 0 Å². The van der Waals surface area contributed by atoms with Crippen LogP contribution in [0.4, 0.5) is 10.1 Å². The molecule has 0 radical (unpaired) electrons. The van der Waals surface area contributed by atoms with Crippen molar-refractivity contribution in [1.82, 2.24) is 5.27 Å². The normalized spacial score (nSPS) is 10.6. The zero-order chi connectivity index (χ0) is 19.4. The van der Waals surface area contributed by atoms with E-state index < -0.39 is 11.4 Å². The molecule has 1 aromatic heterocycles. The number of hydrogen-bond acceptors (Lipinski definition) is 5. The van der Waals surface area contributed by atoms with E-state index in [0.717, 1.165) is 17.8 Å². The van der Waals surface area contributed by atoms with Gasteiger partial charge in [-0.2, -0.15) is 0 Å². The first-order valence-electron chi connectivity index (χ1n) is 7.63. The van der Waals surface area contributed by atoms with Crippen LogP contribution < -0.4 is 20.4 Å². The lowest BCUT2D eigenvalue weighted by atomic mass is 10.3. The summed E-state index contributed by atoms with van der Waals surface area (Å²) in [7, 11) is 1.55. The zero-order valence-corrected chi connectivity index (χ0v) is 15.6. The number of H-pyrrole nitrogens is 1. The maximum atomic E-state index is 13.2. The van der Waals surface area contributed by atoms with E-state index in [-0.39, 0.29) is 21.7 Å². The van der Waals surface area contributed by atoms with Crippen molar-refractivity contribution in [2.75, 3.05) is 18.2 Å². The number of rotatable bonds is 6. The van der Waals surface area contributed by atoms with E-state index in [4.69, 9.17) is 20.9 Å². The predicted molar refractivity (Wildman–Crippen MR) is 98.2 cm³/mol. The Morgan fingerprint density at radius 1 is 1.33 bits per heavy atom. The maximum absolute atomic E-state index is 13.2. The van der Waals surface area contributed by atoms with Crippen LogP contribution in [0.1, 0.15) is 0 Å². The fraction of sp³-hybridized carbons (Fsp3) is 0.118. The van der Waals surface area contributed by atoms with E-state index in [1.807, 2.05) is 0 Å². The van der Waals surface area contributed by atoms with Gasteiger partial charge in [0.15, 0.2) is 0 Å². The molecule has 0 saturated carbocycles. The molecule has 3 aromatic rings. The minimum Gasteiger partial charge on any atom is -0.497 e. The highest BCUT2D eigenvalue weighted by molar-refractivity contribution is 7.99. The summed E-state index contributed by atoms with van der Waals surface area (Å²) in [6.07, 6.45) is 0. The van der Waals surface area contributed by atoms with Crippen molar-refractivity contribution in [2.24, 2.45) is 0 Å². The number of aromatic nitrogens is 2. The second-order valence-corrected chi connectivity index (χ2v) is 6.66. The van der Waals surface area contributed by atoms with Crippen molar-refractivity contribution in [2.45, 2.75) is 5.03 Å². The highest BCUT2D eigenvalue weighted by Crippen LogP contribution is 2.20. The Morgan fingerprint density at radius 3 is 2.74 bits per heavy atom. The maximum Gasteiger partial charge on any atom is 0.442 e. The predicted octanol–water partition coefficient (Wildman–Crippen LogP) is 2.78. The van der Waals surface area contributed by atoms with Gasteiger partial charge in [0.05, 0.1) is 17.9 Å². The van der Waals surface area contributed by atoms with Gasteiger partial charge in [0.1, 0.15) is 11.6 Å². The van der Waals surface area contributed by atoms with E-state index in [0.29, 0.717) is 17.1 Å². The fourth-order valence-electron chi connectivity index (χ4n) is 2.19. The largest absolute Gasteiger partial charge is 0.497 e. The molecule has 0 saturated heterocycles. The van der Waals surface area contributed by atoms with Crippen LogP contribution >= 0.6 is 23.4 Å². The molecule has 1 heterocycles. The van der Waals surface area contributed by atoms with Gasteiger partial charge in [-0.15, -0.1) is 0 Å². The molecule has 0 unspecified atom stereocenters. The quantitative estimate of drug-likeness (QED) is 0.482. The number of carbonyl (C=O) groups is 1. The van der Waals surface area contributed by atoms with Gasteiger partial charge in [0.25, 0.3) is 0 Å². The van der Waals surface area contributed by atoms with E-state index >= 15 is 0 Å². The molecule has 10 heteroatoms. The summed E-state index contributed by atoms with van der Waals surface area (Å²) in [5, 5.41) is 5.19. The molecule has 2 N–H and O–H groups in total. The molecule has 0 aliphatic rings. The summed E-state index contributed by atoms with van der Waals surface area (Å²) in [5.74, 6) is -0.357. The van der Waals surface area contributed by atoms with Crippen LogP contribution in [-0.4, -0.2) is 24.0 Å². The van der Waals surface area contributed by atoms with Gasteiger partial charge < -0.3 is 10.1 Å². The highest BCUT2D eigenvalue weighted by Gasteiger charge is 2.25. The number of thioether (sulfide) groups is 1. The fourth-order valence-corrected chi connectivity index (χ4v) is 3.14. The lowest BCUT2D eigenvalue weighted by molar-refractivity contribution is -0.704. The highest BCUT2D eigenvalue weighted by atomic mass is 35.5. The number of amides is 1. The van der Waals surface area contributed by atoms with Crippen LogP contribution in [0.5, 0.6) is 5.75 Å². The van der Waals surface area contributed by atoms with Gasteiger partial charge in [-0.3, -0.25) is 9.32 Å². The lowest BCUT2D eigenvalue weighted by Crippen LogP contribution is -2.36. The van der Waals surface area contributed by atoms with Gasteiger partial charge in [-0.05, 0) is 52.0 Å². The molecule has 1 amide bonds. The van der Waals surface area contributed by atoms with Crippen molar-refractivity contribution in [3.05, 3.63) is 63.7 Å². The molecule has 0 aliphatic carbocycles. The number of nitrogens with one attached hydrogen (secondary N) is 2. The molecular formula is C17H14ClFN3O4S+. The topological polar surface area (TPSA) is 88.2 Å². The first-order valence-corrected chi connectivity index (χ1v) is 9.00. The minimum atomic E-state index is -0.603. The zero-order valence-electron chi connectivity index (χ0n) is 14.0. The molecule has 0 spiro atoms. The average Bonchev–Trinajstić information content (AvgIpc) is 3.03. The van der Waals surface area contributed by atoms with E-state index in [1.54, 1.807) is 31.4 Å². The Hall–Kier alpha value is -2.78. The summed E-state index contributed by atoms with van der Waals surface area (Å²) in [6, 6.07) is 10.8. The number of halogens is 2. The molecule has 140 valence electrons. The number of hydrogen-bond donors (Lipinski definition) is 2. The Bertz CT molecular complexity index is 1020. The number of ether oxygens (including phenoxy) is 1. The summed E-state index contributed by atoms with van der Waals surface area (Å²) in [5.41, 5.74) is 0.388. The number of anilines is 1. The van der Waals surface area contributed by atoms with E-state index in [9.17, 15) is 14.0 Å². The third-order valence-electron chi connectivity index (χ3n) is 3.48. The summed E-state index contributed by atoms with van der Waals surface area (Å²) < 4.78 is 24.5. The van der Waals surface area contributed by atoms with Crippen LogP contribution in [0.3, 0.4) is 0 Å². The number of carbonyl (C=O) groups excluding carboxylic acids is 1. The second kappa shape index (κ2) is 8.28. The molecular weight excluding hydrogens is 397 g/mol. The molecule has 27 heavy (non-hydrogen) atoms. The average molecular weight is 411 g/mol. The van der Waals surface area contributed by atoms with Crippen LogP contribution in [-0.2, 0) is 4.79 Å². The molecule has 0 aliphatic heterocycles. The van der Waals surface area contributed by atoms with Crippen LogP contribution in [0.15, 0.2) is 56.8 Å². The van der Waals surface area contributed by atoms with Gasteiger partial charge in [0.2, 0.25) is 11.6 Å². The summed E-state index contributed by atoms with van der Waals surface area (Å²) in [6.45, 7) is 0. The van der Waals surface area contributed by atoms with Crippen molar-refractivity contribution in [3.8, 4) is 11.4 Å². The van der Waals surface area contributed by atoms with Crippen molar-refractivity contribution < 1.29 is 23.1 Å². The van der Waals surface area contributed by atoms with Crippen LogP contribution in [0, 0.1) is 5.82 Å². The summed E-state index contributed by atoms with van der Waals surface area (Å²) in [4.78, 5) is 24.0. The smallest absolute Gasteiger partial charge is 0.442 e. The molecule has 0 bridgehead atoms. The van der Waals surface area contributed by atoms with E-state index in [1.165, 1.54) is 16.8 Å². The number of methoxy groups -OCH3 is 1. The van der Waals surface area contributed by atoms with Gasteiger partial charge >= 0.3 is 10.7 Å². The molecule has 0 fully saturated rings. The summed E-state index contributed by atoms with van der Waals surface area (Å²) >= 11 is 6.68. The lowest BCUT2D eigenvalue weighted by Gasteiger charge is -2.04. The standard InChI is InChI=1S/C17H13ClFN3O4S/c1-25-12-5-3-11(4-6-12)22-16(17(24)26-21-22)27-9-15(23)20-10-2-7-14(19)13(18)8-10/h2-8H,9H2,1H3,(H-,20,21,23,24)/p+1. The van der Waals surface area contributed by atoms with Crippen molar-refractivity contribution in [3.63, 3.8) is 0 Å². The number of benzene rings is 2. The minimum absolute atomic E-state index is 0.0617. The Balaban J connectivity index is 1.70. The molecule has 0 atom stereocenters. The molecule has 7 nitrogen and oxygen atoms in total. The number of aromatic amines is 1. The van der Waals surface area contributed by atoms with Crippen molar-refractivity contribution >= 4 is 35.0 Å². The van der Waals surface area contributed by atoms with Gasteiger partial charge in [-0.1, -0.05) is 11.6 Å². The third kappa shape index (κ3) is 4.50. The van der Waals surface area contributed by atoms with E-state index in [2.05, 4.69) is 10.6 Å². The van der Waals surface area contributed by atoms with Gasteiger partial charge in [-0.25, -0.2) is 9.18 Å². The Morgan fingerprint density at radius 2 is 2.07 bits per heavy atom. The first-order chi connectivity index (χ1) is 13.0. The van der Waals surface area contributed by atoms with Crippen LogP contribution in [0.2, 0.25) is 5.02 Å². The van der Waals surface area contributed by atoms with Crippen LogP contribution in [0.25, 0.3) is 5.69 Å². The number of nitrogens with zero attached hydrogens (tertiary/aromatic N) is 1. The Labute approximate surface area is 162 Å². The molecule has 2 aromatic carbocycles. The monoisotopic (exact) mass is 410 g/mol. The second-order valence-electron chi connectivity index (χ2n) is 5.29. The third-order valence-corrected chi connectivity index (χ3v) is 4.80.